The van der Waals surface area contributed by atoms with Gasteiger partial charge in [0.25, 0.3) is 31.7 Å². The van der Waals surface area contributed by atoms with Crippen LogP contribution in [0, 0.1) is 13.8 Å². The molecule has 1 amide bonds. The van der Waals surface area contributed by atoms with Gasteiger partial charge in [-0.2, -0.15) is 26.4 Å². The minimum absolute atomic E-state index is 0.0405. The fraction of sp³-hybridized carbons (Fsp3) is 0.349. The maximum atomic E-state index is 13.5. The number of carboxylic acids is 1. The van der Waals surface area contributed by atoms with Crippen LogP contribution in [-0.4, -0.2) is 104 Å². The molecule has 0 spiro atoms. The number of carboxylic acid groups (broad SMARTS) is 1. The van der Waals surface area contributed by atoms with Gasteiger partial charge in [-0.3, -0.25) is 23.7 Å². The number of hydrogen-bond donors (Lipinski definition) is 7. The second-order valence-corrected chi connectivity index (χ2v) is 25.8. The average Bonchev–Trinajstić information content (AvgIpc) is 2.00. The van der Waals surface area contributed by atoms with E-state index in [1.807, 2.05) is 0 Å². The molecule has 20 nitrogen and oxygen atoms in total. The lowest BCUT2D eigenvalue weighted by atomic mass is 9.80. The average molecular weight is 1210 g/mol. The molecule has 3 aromatic carbocycles. The minimum Gasteiger partial charge on any atom is -0.480 e. The molecule has 2 aliphatic heterocycles. The summed E-state index contributed by atoms with van der Waals surface area (Å²) in [7, 11) is -8.25. The van der Waals surface area contributed by atoms with Gasteiger partial charge >= 0.3 is 5.97 Å². The molecule has 5 aromatic rings. The van der Waals surface area contributed by atoms with Crippen LogP contribution in [0.25, 0.3) is 11.2 Å². The molecule has 3 aliphatic rings. The predicted octanol–water partition coefficient (Wildman–Crippen LogP) is 9.75. The number of allylic oxidation sites excluding steroid dienone is 10. The number of nitrogens with two attached hydrogens (primary N) is 1. The van der Waals surface area contributed by atoms with Crippen LogP contribution in [-0.2, 0) is 47.1 Å². The summed E-state index contributed by atoms with van der Waals surface area (Å²) in [5.41, 5.74) is 16.6. The maximum absolute atomic E-state index is 13.5. The number of carbonyl (C=O) groups is 2. The molecule has 1 atom stereocenters. The number of hydrogen-bond acceptors (Lipinski definition) is 14. The Morgan fingerprint density at radius 3 is 2.28 bits per heavy atom. The summed E-state index contributed by atoms with van der Waals surface area (Å²) in [5.74, 6) is -1.97. The van der Waals surface area contributed by atoms with Crippen LogP contribution in [0.5, 0.6) is 0 Å². The van der Waals surface area contributed by atoms with Crippen LogP contribution in [0.4, 0.5) is 23.0 Å². The Hall–Kier alpha value is -8.31. The SMILES string of the molecule is C=[13CH]/[13C](=[13CH]\[13CH]=[13CH]\OC1=C(C=CC2=[N+](CCCCS(=O)(=O)O)c3ccc(C)cc3C2(C)C)CCCC1=CC=C1N(CCCCS(=O)(=O)O)c2ccc(C)cc2C1(C)C)[13CH2][13C@H](NC(=O)c1ccc(NCc2cnc3nc(N)[nH]c(=O)c3n2)cc1)[13C](=O)O. The lowest BCUT2D eigenvalue weighted by Gasteiger charge is -2.27. The first-order chi connectivity index (χ1) is 40.2. The molecule has 0 saturated carbocycles. The number of aliphatic carboxylic acids is 1. The molecular weight excluding hydrogens is 1130 g/mol. The fourth-order valence-electron chi connectivity index (χ4n) is 11.1. The number of nitrogens with one attached hydrogen (secondary N) is 3. The van der Waals surface area contributed by atoms with E-state index in [0.29, 0.717) is 61.5 Å². The van der Waals surface area contributed by atoms with Gasteiger partial charge in [0.15, 0.2) is 16.9 Å². The fourth-order valence-corrected chi connectivity index (χ4v) is 12.2. The second kappa shape index (κ2) is 26.3. The van der Waals surface area contributed by atoms with E-state index in [0.717, 1.165) is 62.6 Å². The number of aromatic nitrogens is 4. The number of nitrogen functional groups attached to an aromatic ring is 1. The van der Waals surface area contributed by atoms with Gasteiger partial charge < -0.3 is 31.1 Å². The number of carbonyl (C=O) groups excluding carboxylic acids is 1. The molecule has 8 rings (SSSR count). The highest BCUT2D eigenvalue weighted by Crippen LogP contribution is 2.49. The predicted molar refractivity (Wildman–Crippen MR) is 331 cm³/mol. The maximum Gasteiger partial charge on any atom is 0.326 e. The lowest BCUT2D eigenvalue weighted by molar-refractivity contribution is -0.438. The van der Waals surface area contributed by atoms with Gasteiger partial charge in [0, 0.05) is 65.1 Å². The largest absolute Gasteiger partial charge is 0.480 e. The summed E-state index contributed by atoms with van der Waals surface area (Å²) in [5, 5.41) is 16.1. The van der Waals surface area contributed by atoms with Crippen LogP contribution in [0.1, 0.15) is 117 Å². The van der Waals surface area contributed by atoms with E-state index < -0.39 is 54.5 Å². The van der Waals surface area contributed by atoms with Crippen LogP contribution in [0.3, 0.4) is 0 Å². The van der Waals surface area contributed by atoms with Gasteiger partial charge in [0.05, 0.1) is 41.6 Å². The number of amides is 1. The van der Waals surface area contributed by atoms with Crippen molar-refractivity contribution in [1.29, 1.82) is 0 Å². The zero-order valence-corrected chi connectivity index (χ0v) is 50.3. The van der Waals surface area contributed by atoms with E-state index in [1.165, 1.54) is 18.5 Å². The van der Waals surface area contributed by atoms with Gasteiger partial charge in [0.1, 0.15) is 18.3 Å². The molecule has 8 N–H and O–H groups in total. The Morgan fingerprint density at radius 1 is 0.894 bits per heavy atom. The van der Waals surface area contributed by atoms with Crippen molar-refractivity contribution in [2.45, 2.75) is 116 Å². The molecule has 2 aromatic heterocycles. The third kappa shape index (κ3) is 15.5. The van der Waals surface area contributed by atoms with Crippen LogP contribution in [0.2, 0.25) is 0 Å². The van der Waals surface area contributed by atoms with Gasteiger partial charge in [-0.25, -0.2) is 14.8 Å². The van der Waals surface area contributed by atoms with Crippen LogP contribution in [0.15, 0.2) is 155 Å². The highest BCUT2D eigenvalue weighted by atomic mass is 32.2. The Balaban J connectivity index is 1.06. The normalized spacial score (nSPS) is 17.3. The van der Waals surface area contributed by atoms with Crippen molar-refractivity contribution in [3.8, 4) is 0 Å². The summed E-state index contributed by atoms with van der Waals surface area (Å²) >= 11 is 0. The first kappa shape index (κ1) is 62.7. The number of rotatable bonds is 25. The number of unbranched alkanes of at least 4 members (excludes halogenated alkanes) is 2. The van der Waals surface area contributed by atoms with E-state index in [9.17, 15) is 45.4 Å². The van der Waals surface area contributed by atoms with Crippen molar-refractivity contribution in [3.05, 3.63) is 194 Å². The quantitative estimate of drug-likeness (QED) is 0.00714. The molecule has 448 valence electrons. The van der Waals surface area contributed by atoms with E-state index in [1.54, 1.807) is 36.4 Å². The summed E-state index contributed by atoms with van der Waals surface area (Å²) in [6, 6.07) is 17.8. The number of ether oxygens (including phenoxy) is 1. The summed E-state index contributed by atoms with van der Waals surface area (Å²) < 4.78 is 74.6. The molecule has 4 heterocycles. The first-order valence-corrected chi connectivity index (χ1v) is 31.4. The van der Waals surface area contributed by atoms with E-state index in [-0.39, 0.29) is 60.0 Å². The number of benzene rings is 3. The zero-order valence-electron chi connectivity index (χ0n) is 48.7. The van der Waals surface area contributed by atoms with Crippen molar-refractivity contribution in [2.75, 3.05) is 40.5 Å². The number of aromatic amines is 1. The van der Waals surface area contributed by atoms with Crippen molar-refractivity contribution in [1.82, 2.24) is 25.3 Å². The van der Waals surface area contributed by atoms with E-state index >= 15 is 0 Å². The van der Waals surface area contributed by atoms with E-state index in [2.05, 4.69) is 149 Å². The van der Waals surface area contributed by atoms with Crippen molar-refractivity contribution < 1.29 is 49.9 Å². The van der Waals surface area contributed by atoms with Gasteiger partial charge in [0.2, 0.25) is 11.6 Å². The molecule has 0 bridgehead atoms. The van der Waals surface area contributed by atoms with Gasteiger partial charge in [-0.05, 0) is 143 Å². The molecule has 85 heavy (non-hydrogen) atoms. The number of fused-ring (bicyclic) bond motifs is 3. The number of aryl methyl sites for hydroxylation is 2. The molecule has 22 heteroatoms. The monoisotopic (exact) mass is 1200 g/mol. The Morgan fingerprint density at radius 2 is 1.59 bits per heavy atom. The van der Waals surface area contributed by atoms with E-state index in [4.69, 9.17) is 10.5 Å². The molecular formula is C63H74N9O11S2+. The smallest absolute Gasteiger partial charge is 0.326 e. The highest BCUT2D eigenvalue weighted by molar-refractivity contribution is 7.86. The summed E-state index contributed by atoms with van der Waals surface area (Å²) in [4.78, 5) is 55.6. The number of H-pyrrole nitrogens is 1. The third-order valence-electron chi connectivity index (χ3n) is 15.5. The van der Waals surface area contributed by atoms with Gasteiger partial charge in [-0.15, -0.1) is 0 Å². The van der Waals surface area contributed by atoms with Crippen LogP contribution >= 0.6 is 0 Å². The Bertz CT molecular complexity index is 3950. The Kier molecular flexibility index (Phi) is 19.4. The molecule has 0 saturated heterocycles. The zero-order chi connectivity index (χ0) is 61.4. The molecule has 0 unspecified atom stereocenters. The lowest BCUT2D eigenvalue weighted by Crippen LogP contribution is -2.41. The first-order valence-electron chi connectivity index (χ1n) is 28.1. The Labute approximate surface area is 496 Å². The van der Waals surface area contributed by atoms with Crippen LogP contribution < -0.4 is 26.8 Å². The molecule has 1 aliphatic carbocycles. The third-order valence-corrected chi connectivity index (χ3v) is 17.1. The molecule has 0 radical (unpaired) electrons. The second-order valence-electron chi connectivity index (χ2n) is 22.6. The van der Waals surface area contributed by atoms with Crippen molar-refractivity contribution >= 4 is 72.0 Å². The molecule has 0 fully saturated rings. The highest BCUT2D eigenvalue weighted by Gasteiger charge is 2.44. The number of anilines is 3. The van der Waals surface area contributed by atoms with Crippen molar-refractivity contribution in [2.24, 2.45) is 0 Å². The number of nitrogens with zero attached hydrogens (tertiary/aromatic N) is 5. The standard InChI is InChI=1S/C63H73N9O11S2/c1-8-42(37-50(60(75)76)68-58(73)45-20-24-46(25-21-45)65-38-47-39-66-57-55(67-47)59(74)70-61(64)69-57)15-14-32-83-56-43(22-28-53-62(4,5)48-35-40(2)18-26-51(48)71(53)30-9-11-33-84(77,78)79)16-13-17-44(56)23-29-54-63(6,7)49-36-41(3)19-27-52(49)72(54)31-10-12-34-85(80,81)82/h8,14-15,18-29,32,35-36,39,50H,1,9-13,16-17,30-31,33-34,37-38H2,2-7H3,(H7-,64,65,66,68,69,70,73,74,75,76,77,78,79,80,81,82)/p+1/b32-14+,42-15+/t50-/m0/s1/i8+1,14+1,15+1,32+1,37+1,42+1,50+1,60+1. The summed E-state index contributed by atoms with van der Waals surface area (Å²) in [6.07, 6.45) is 19.9. The minimum atomic E-state index is -4.12. The topological polar surface area (TPSA) is 300 Å². The van der Waals surface area contributed by atoms with Crippen molar-refractivity contribution in [3.63, 3.8) is 0 Å². The summed E-state index contributed by atoms with van der Waals surface area (Å²) in [6.45, 7) is 17.9. The van der Waals surface area contributed by atoms with Gasteiger partial charge in [-0.1, -0.05) is 68.0 Å².